The molecule has 2 rings (SSSR count). The van der Waals surface area contributed by atoms with Gasteiger partial charge in [-0.3, -0.25) is 0 Å². The molecule has 0 saturated heterocycles. The zero-order chi connectivity index (χ0) is 15.1. The number of hydrogen-bond donors (Lipinski definition) is 2. The van der Waals surface area contributed by atoms with Crippen LogP contribution in [0.15, 0.2) is 54.6 Å². The van der Waals surface area contributed by atoms with Crippen molar-refractivity contribution in [1.82, 2.24) is 5.32 Å². The summed E-state index contributed by atoms with van der Waals surface area (Å²) in [5.41, 5.74) is 3.28. The van der Waals surface area contributed by atoms with Gasteiger partial charge in [0.2, 0.25) is 0 Å². The molecule has 112 valence electrons. The summed E-state index contributed by atoms with van der Waals surface area (Å²) in [7, 11) is 0. The Balaban J connectivity index is 2.08. The molecule has 2 nitrogen and oxygen atoms in total. The average Bonchev–Trinajstić information content (AvgIpc) is 2.54. The SMILES string of the molecule is CCCc1ccc(C(C)(CO)NCc2ccccc2)cc1. The van der Waals surface area contributed by atoms with Crippen molar-refractivity contribution in [3.63, 3.8) is 0 Å². The number of aliphatic hydroxyl groups is 1. The van der Waals surface area contributed by atoms with E-state index < -0.39 is 5.54 Å². The highest BCUT2D eigenvalue weighted by Crippen LogP contribution is 2.22. The predicted molar refractivity (Wildman–Crippen MR) is 88.2 cm³/mol. The first-order valence-corrected chi connectivity index (χ1v) is 7.67. The van der Waals surface area contributed by atoms with E-state index in [4.69, 9.17) is 0 Å². The lowest BCUT2D eigenvalue weighted by Gasteiger charge is -2.30. The Hall–Kier alpha value is -1.64. The Kier molecular flexibility index (Phi) is 5.54. The van der Waals surface area contributed by atoms with E-state index in [0.717, 1.165) is 24.9 Å². The van der Waals surface area contributed by atoms with Crippen LogP contribution in [0.2, 0.25) is 0 Å². The average molecular weight is 283 g/mol. The van der Waals surface area contributed by atoms with E-state index >= 15 is 0 Å². The monoisotopic (exact) mass is 283 g/mol. The summed E-state index contributed by atoms with van der Waals surface area (Å²) in [6.07, 6.45) is 2.26. The van der Waals surface area contributed by atoms with Gasteiger partial charge < -0.3 is 10.4 Å². The molecule has 2 aromatic carbocycles. The zero-order valence-electron chi connectivity index (χ0n) is 13.0. The molecule has 2 aromatic rings. The van der Waals surface area contributed by atoms with Gasteiger partial charge in [0.15, 0.2) is 0 Å². The van der Waals surface area contributed by atoms with Crippen LogP contribution >= 0.6 is 0 Å². The molecule has 0 heterocycles. The molecule has 1 atom stereocenters. The second-order valence-corrected chi connectivity index (χ2v) is 5.78. The first-order valence-electron chi connectivity index (χ1n) is 7.67. The number of benzene rings is 2. The highest BCUT2D eigenvalue weighted by molar-refractivity contribution is 5.29. The van der Waals surface area contributed by atoms with Crippen LogP contribution in [-0.2, 0) is 18.5 Å². The molecule has 0 aliphatic rings. The lowest BCUT2D eigenvalue weighted by atomic mass is 9.91. The van der Waals surface area contributed by atoms with Crippen LogP contribution in [-0.4, -0.2) is 11.7 Å². The molecule has 21 heavy (non-hydrogen) atoms. The quantitative estimate of drug-likeness (QED) is 0.813. The molecule has 0 saturated carbocycles. The third kappa shape index (κ3) is 4.16. The third-order valence-corrected chi connectivity index (χ3v) is 3.97. The minimum atomic E-state index is -0.416. The Bertz CT molecular complexity index is 535. The van der Waals surface area contributed by atoms with Crippen LogP contribution in [0, 0.1) is 0 Å². The van der Waals surface area contributed by atoms with Crippen LogP contribution in [0.5, 0.6) is 0 Å². The van der Waals surface area contributed by atoms with Crippen molar-refractivity contribution in [2.75, 3.05) is 6.61 Å². The predicted octanol–water partition coefficient (Wildman–Crippen LogP) is 3.64. The molecule has 0 spiro atoms. The topological polar surface area (TPSA) is 32.3 Å². The van der Waals surface area contributed by atoms with Crippen molar-refractivity contribution in [2.24, 2.45) is 0 Å². The van der Waals surface area contributed by atoms with E-state index in [1.807, 2.05) is 25.1 Å². The van der Waals surface area contributed by atoms with Gasteiger partial charge in [0.25, 0.3) is 0 Å². The lowest BCUT2D eigenvalue weighted by Crippen LogP contribution is -2.42. The molecule has 0 aliphatic carbocycles. The fourth-order valence-electron chi connectivity index (χ4n) is 2.47. The van der Waals surface area contributed by atoms with Gasteiger partial charge in [-0.2, -0.15) is 0 Å². The van der Waals surface area contributed by atoms with E-state index in [1.165, 1.54) is 11.1 Å². The smallest absolute Gasteiger partial charge is 0.0652 e. The van der Waals surface area contributed by atoms with Crippen LogP contribution in [0.3, 0.4) is 0 Å². The molecule has 0 fully saturated rings. The van der Waals surface area contributed by atoms with Crippen molar-refractivity contribution >= 4 is 0 Å². The Morgan fingerprint density at radius 2 is 1.62 bits per heavy atom. The Labute approximate surface area is 127 Å². The van der Waals surface area contributed by atoms with Crippen LogP contribution in [0.4, 0.5) is 0 Å². The van der Waals surface area contributed by atoms with Crippen LogP contribution < -0.4 is 5.32 Å². The van der Waals surface area contributed by atoms with Crippen molar-refractivity contribution in [3.05, 3.63) is 71.3 Å². The van der Waals surface area contributed by atoms with Gasteiger partial charge in [-0.05, 0) is 30.0 Å². The molecule has 0 aliphatic heterocycles. The van der Waals surface area contributed by atoms with Gasteiger partial charge in [0, 0.05) is 6.54 Å². The summed E-state index contributed by atoms with van der Waals surface area (Å²) in [4.78, 5) is 0. The van der Waals surface area contributed by atoms with Gasteiger partial charge in [-0.15, -0.1) is 0 Å². The first kappa shape index (κ1) is 15.7. The molecule has 2 N–H and O–H groups in total. The number of aliphatic hydroxyl groups excluding tert-OH is 1. The fourth-order valence-corrected chi connectivity index (χ4v) is 2.47. The highest BCUT2D eigenvalue weighted by atomic mass is 16.3. The second kappa shape index (κ2) is 7.39. The molecule has 0 amide bonds. The van der Waals surface area contributed by atoms with E-state index in [9.17, 15) is 5.11 Å². The molecule has 1 unspecified atom stereocenters. The Morgan fingerprint density at radius 3 is 2.19 bits per heavy atom. The van der Waals surface area contributed by atoms with Gasteiger partial charge in [0.1, 0.15) is 0 Å². The van der Waals surface area contributed by atoms with Crippen molar-refractivity contribution < 1.29 is 5.11 Å². The van der Waals surface area contributed by atoms with Crippen molar-refractivity contribution in [3.8, 4) is 0 Å². The first-order chi connectivity index (χ1) is 10.2. The molecule has 2 heteroatoms. The Morgan fingerprint density at radius 1 is 0.952 bits per heavy atom. The van der Waals surface area contributed by atoms with E-state index in [2.05, 4.69) is 48.6 Å². The standard InChI is InChI=1S/C19H25NO/c1-3-7-16-10-12-18(13-11-16)19(2,15-21)20-14-17-8-5-4-6-9-17/h4-6,8-13,20-21H,3,7,14-15H2,1-2H3. The number of aryl methyl sites for hydroxylation is 1. The summed E-state index contributed by atoms with van der Waals surface area (Å²) in [6.45, 7) is 5.06. The number of hydrogen-bond acceptors (Lipinski definition) is 2. The van der Waals surface area contributed by atoms with Crippen molar-refractivity contribution in [1.29, 1.82) is 0 Å². The van der Waals surface area contributed by atoms with Crippen molar-refractivity contribution in [2.45, 2.75) is 38.8 Å². The molecule has 0 radical (unpaired) electrons. The van der Waals surface area contributed by atoms with Crippen LogP contribution in [0.25, 0.3) is 0 Å². The third-order valence-electron chi connectivity index (χ3n) is 3.97. The summed E-state index contributed by atoms with van der Waals surface area (Å²) in [5, 5.41) is 13.3. The van der Waals surface area contributed by atoms with Crippen LogP contribution in [0.1, 0.15) is 37.0 Å². The zero-order valence-corrected chi connectivity index (χ0v) is 13.0. The van der Waals surface area contributed by atoms with Gasteiger partial charge in [-0.1, -0.05) is 67.9 Å². The largest absolute Gasteiger partial charge is 0.394 e. The molecule has 0 bridgehead atoms. The fraction of sp³-hybridized carbons (Fsp3) is 0.368. The van der Waals surface area contributed by atoms with E-state index in [1.54, 1.807) is 0 Å². The highest BCUT2D eigenvalue weighted by Gasteiger charge is 2.24. The maximum Gasteiger partial charge on any atom is 0.0652 e. The molecular formula is C19H25NO. The summed E-state index contributed by atoms with van der Waals surface area (Å²) in [5.74, 6) is 0. The molecule has 0 aromatic heterocycles. The molecular weight excluding hydrogens is 258 g/mol. The van der Waals surface area contributed by atoms with Gasteiger partial charge in [-0.25, -0.2) is 0 Å². The maximum absolute atomic E-state index is 9.83. The normalized spacial score (nSPS) is 13.9. The van der Waals surface area contributed by atoms with E-state index in [-0.39, 0.29) is 6.61 Å². The number of nitrogens with one attached hydrogen (secondary N) is 1. The lowest BCUT2D eigenvalue weighted by molar-refractivity contribution is 0.173. The maximum atomic E-state index is 9.83. The van der Waals surface area contributed by atoms with Gasteiger partial charge >= 0.3 is 0 Å². The minimum Gasteiger partial charge on any atom is -0.394 e. The summed E-state index contributed by atoms with van der Waals surface area (Å²) < 4.78 is 0. The number of rotatable bonds is 7. The second-order valence-electron chi connectivity index (χ2n) is 5.78. The minimum absolute atomic E-state index is 0.0763. The van der Waals surface area contributed by atoms with Gasteiger partial charge in [0.05, 0.1) is 12.1 Å². The summed E-state index contributed by atoms with van der Waals surface area (Å²) in [6, 6.07) is 18.8. The van der Waals surface area contributed by atoms with E-state index in [0.29, 0.717) is 0 Å². The summed E-state index contributed by atoms with van der Waals surface area (Å²) >= 11 is 0.